The van der Waals surface area contributed by atoms with Crippen molar-refractivity contribution in [1.82, 2.24) is 14.9 Å². The first-order valence-electron chi connectivity index (χ1n) is 16.8. The van der Waals surface area contributed by atoms with E-state index >= 15 is 0 Å². The van der Waals surface area contributed by atoms with E-state index in [-0.39, 0.29) is 28.9 Å². The van der Waals surface area contributed by atoms with E-state index in [0.29, 0.717) is 36.6 Å². The number of urea groups is 1. The van der Waals surface area contributed by atoms with Gasteiger partial charge < -0.3 is 24.7 Å². The van der Waals surface area contributed by atoms with Crippen LogP contribution in [0.2, 0.25) is 0 Å². The first-order chi connectivity index (χ1) is 25.1. The number of halogens is 3. The third-order valence-electron chi connectivity index (χ3n) is 8.69. The lowest BCUT2D eigenvalue weighted by Crippen LogP contribution is -2.25. The average Bonchev–Trinajstić information content (AvgIpc) is 3.59. The van der Waals surface area contributed by atoms with Gasteiger partial charge in [0.05, 0.1) is 28.5 Å². The predicted molar refractivity (Wildman–Crippen MR) is 199 cm³/mol. The van der Waals surface area contributed by atoms with Crippen molar-refractivity contribution in [3.05, 3.63) is 113 Å². The standard InChI is InChI=1S/C39H38F3N5O5S/c1-38(2,3)29-15-7-24(19-31(29)45-36(49)43-26-10-8-25(9-11-26)39(40,41)42)17-18-51-28-14-16-30-32(21-28)47(4)34(44-30)22-52-27-12-5-23(6-13-27)20-33-35(48)46-37(50)53-33/h5-16,19,21,33H,17-18,20,22H2,1-4H3,(H2,43,45,49)(H,46,48,50). The van der Waals surface area contributed by atoms with E-state index in [4.69, 9.17) is 14.5 Å². The number of imide groups is 1. The number of rotatable bonds is 11. The first-order valence-corrected chi connectivity index (χ1v) is 17.7. The number of fused-ring (bicyclic) bond motifs is 1. The molecule has 1 aliphatic rings. The predicted octanol–water partition coefficient (Wildman–Crippen LogP) is 8.63. The Hall–Kier alpha value is -5.50. The summed E-state index contributed by atoms with van der Waals surface area (Å²) >= 11 is 1.00. The van der Waals surface area contributed by atoms with Gasteiger partial charge in [0.25, 0.3) is 5.24 Å². The van der Waals surface area contributed by atoms with Crippen LogP contribution in [0.3, 0.4) is 0 Å². The highest BCUT2D eigenvalue weighted by Crippen LogP contribution is 2.32. The average molecular weight is 746 g/mol. The molecule has 1 unspecified atom stereocenters. The van der Waals surface area contributed by atoms with Crippen molar-refractivity contribution in [3.8, 4) is 11.5 Å². The van der Waals surface area contributed by atoms with Crippen molar-refractivity contribution >= 4 is 51.3 Å². The second kappa shape index (κ2) is 15.2. The molecular weight excluding hydrogens is 708 g/mol. The minimum atomic E-state index is -4.46. The van der Waals surface area contributed by atoms with Gasteiger partial charge in [-0.3, -0.25) is 14.9 Å². The lowest BCUT2D eigenvalue weighted by atomic mass is 9.85. The van der Waals surface area contributed by atoms with E-state index in [0.717, 1.165) is 57.4 Å². The van der Waals surface area contributed by atoms with Crippen molar-refractivity contribution in [2.45, 2.75) is 57.1 Å². The summed E-state index contributed by atoms with van der Waals surface area (Å²) in [5, 5.41) is 7.04. The highest BCUT2D eigenvalue weighted by molar-refractivity contribution is 8.15. The molecule has 1 fully saturated rings. The summed E-state index contributed by atoms with van der Waals surface area (Å²) in [5.74, 6) is 1.77. The van der Waals surface area contributed by atoms with Crippen LogP contribution < -0.4 is 25.4 Å². The van der Waals surface area contributed by atoms with Crippen LogP contribution in [-0.4, -0.2) is 38.6 Å². The second-order valence-electron chi connectivity index (χ2n) is 13.6. The Labute approximate surface area is 308 Å². The number of ether oxygens (including phenoxy) is 2. The highest BCUT2D eigenvalue weighted by atomic mass is 32.2. The molecule has 53 heavy (non-hydrogen) atoms. The Bertz CT molecular complexity index is 2140. The van der Waals surface area contributed by atoms with Crippen LogP contribution in [-0.2, 0) is 42.9 Å². The van der Waals surface area contributed by atoms with E-state index in [1.165, 1.54) is 12.1 Å². The molecule has 0 saturated carbocycles. The normalized spacial score (nSPS) is 14.7. The van der Waals surface area contributed by atoms with Crippen molar-refractivity contribution in [2.75, 3.05) is 17.2 Å². The van der Waals surface area contributed by atoms with Gasteiger partial charge in [0.2, 0.25) is 5.91 Å². The number of benzene rings is 4. The number of carbonyl (C=O) groups is 3. The largest absolute Gasteiger partial charge is 0.493 e. The zero-order chi connectivity index (χ0) is 37.9. The van der Waals surface area contributed by atoms with Crippen LogP contribution in [0.25, 0.3) is 11.0 Å². The molecule has 0 bridgehead atoms. The Morgan fingerprint density at radius 1 is 0.887 bits per heavy atom. The van der Waals surface area contributed by atoms with E-state index in [2.05, 4.69) is 16.0 Å². The molecule has 14 heteroatoms. The molecule has 0 radical (unpaired) electrons. The molecule has 0 spiro atoms. The third-order valence-corrected chi connectivity index (χ3v) is 9.68. The number of nitrogens with one attached hydrogen (secondary N) is 3. The smallest absolute Gasteiger partial charge is 0.416 e. The molecule has 4 amide bonds. The SMILES string of the molecule is Cn1c(COc2ccc(CC3SC(=O)NC3=O)cc2)nc2ccc(OCCc3ccc(C(C)(C)C)c(NC(=O)Nc4ccc(C(F)(F)F)cc4)c3)cc21. The van der Waals surface area contributed by atoms with Gasteiger partial charge in [-0.25, -0.2) is 9.78 Å². The van der Waals surface area contributed by atoms with E-state index < -0.39 is 23.0 Å². The molecule has 1 atom stereocenters. The van der Waals surface area contributed by atoms with Gasteiger partial charge in [-0.15, -0.1) is 0 Å². The molecule has 3 N–H and O–H groups in total. The number of hydrogen-bond donors (Lipinski definition) is 3. The quantitative estimate of drug-likeness (QED) is 0.124. The van der Waals surface area contributed by atoms with Crippen molar-refractivity contribution < 1.29 is 37.0 Å². The van der Waals surface area contributed by atoms with Crippen molar-refractivity contribution in [2.24, 2.45) is 7.05 Å². The van der Waals surface area contributed by atoms with Crippen molar-refractivity contribution in [1.29, 1.82) is 0 Å². The minimum absolute atomic E-state index is 0.236. The van der Waals surface area contributed by atoms with Crippen LogP contribution in [0, 0.1) is 0 Å². The van der Waals surface area contributed by atoms with Crippen LogP contribution >= 0.6 is 11.8 Å². The molecule has 4 aromatic carbocycles. The molecule has 1 saturated heterocycles. The van der Waals surface area contributed by atoms with Gasteiger partial charge in [-0.05, 0) is 83.1 Å². The third kappa shape index (κ3) is 9.30. The summed E-state index contributed by atoms with van der Waals surface area (Å²) in [6.45, 7) is 6.68. The number of alkyl halides is 3. The summed E-state index contributed by atoms with van der Waals surface area (Å²) in [5.41, 5.74) is 4.16. The Balaban J connectivity index is 1.04. The number of imidazole rings is 1. The molecular formula is C39H38F3N5O5S. The lowest BCUT2D eigenvalue weighted by molar-refractivity contribution is -0.137. The van der Waals surface area contributed by atoms with Gasteiger partial charge in [-0.2, -0.15) is 13.2 Å². The minimum Gasteiger partial charge on any atom is -0.493 e. The Morgan fingerprint density at radius 3 is 2.25 bits per heavy atom. The molecule has 0 aliphatic carbocycles. The molecule has 5 aromatic rings. The van der Waals surface area contributed by atoms with Crippen LogP contribution in [0.4, 0.5) is 34.1 Å². The van der Waals surface area contributed by atoms with Gasteiger partial charge >= 0.3 is 12.2 Å². The second-order valence-corrected chi connectivity index (χ2v) is 14.8. The zero-order valence-electron chi connectivity index (χ0n) is 29.5. The van der Waals surface area contributed by atoms with Gasteiger partial charge in [0.15, 0.2) is 0 Å². The number of aryl methyl sites for hydroxylation is 1. The van der Waals surface area contributed by atoms with Gasteiger partial charge in [-0.1, -0.05) is 56.8 Å². The number of aromatic nitrogens is 2. The monoisotopic (exact) mass is 745 g/mol. The van der Waals surface area contributed by atoms with Crippen LogP contribution in [0.15, 0.2) is 84.9 Å². The number of thioether (sulfide) groups is 1. The maximum absolute atomic E-state index is 12.9. The fourth-order valence-electron chi connectivity index (χ4n) is 5.87. The van der Waals surface area contributed by atoms with Crippen molar-refractivity contribution in [3.63, 3.8) is 0 Å². The van der Waals surface area contributed by atoms with E-state index in [1.807, 2.05) is 93.0 Å². The molecule has 1 aromatic heterocycles. The fraction of sp³-hybridized carbons (Fsp3) is 0.282. The van der Waals surface area contributed by atoms with Crippen LogP contribution in [0.1, 0.15) is 48.8 Å². The summed E-state index contributed by atoms with van der Waals surface area (Å²) in [6.07, 6.45) is -3.46. The number of amides is 4. The molecule has 6 rings (SSSR count). The molecule has 276 valence electrons. The fourth-order valence-corrected chi connectivity index (χ4v) is 6.73. The summed E-state index contributed by atoms with van der Waals surface area (Å²) < 4.78 is 52.9. The summed E-state index contributed by atoms with van der Waals surface area (Å²) in [6, 6.07) is 22.6. The maximum Gasteiger partial charge on any atom is 0.416 e. The molecule has 2 heterocycles. The highest BCUT2D eigenvalue weighted by Gasteiger charge is 2.32. The number of nitrogens with zero attached hydrogens (tertiary/aromatic N) is 2. The lowest BCUT2D eigenvalue weighted by Gasteiger charge is -2.24. The van der Waals surface area contributed by atoms with E-state index in [1.54, 1.807) is 0 Å². The zero-order valence-corrected chi connectivity index (χ0v) is 30.3. The molecule has 1 aliphatic heterocycles. The Morgan fingerprint density at radius 2 is 1.58 bits per heavy atom. The van der Waals surface area contributed by atoms with Gasteiger partial charge in [0.1, 0.15) is 23.9 Å². The first kappa shape index (κ1) is 37.3. The molecule has 10 nitrogen and oxygen atoms in total. The summed E-state index contributed by atoms with van der Waals surface area (Å²) in [7, 11) is 1.91. The number of anilines is 2. The maximum atomic E-state index is 12.9. The van der Waals surface area contributed by atoms with E-state index in [9.17, 15) is 27.6 Å². The number of hydrogen-bond acceptors (Lipinski definition) is 7. The number of carbonyl (C=O) groups excluding carboxylic acids is 3. The Kier molecular flexibility index (Phi) is 10.7. The van der Waals surface area contributed by atoms with Crippen LogP contribution in [0.5, 0.6) is 11.5 Å². The van der Waals surface area contributed by atoms with Gasteiger partial charge in [0, 0.05) is 30.9 Å². The summed E-state index contributed by atoms with van der Waals surface area (Å²) in [4.78, 5) is 40.9. The topological polar surface area (TPSA) is 124 Å².